The van der Waals surface area contributed by atoms with Crippen molar-refractivity contribution in [1.82, 2.24) is 9.71 Å². The van der Waals surface area contributed by atoms with Crippen molar-refractivity contribution < 1.29 is 36.2 Å². The molecule has 0 radical (unpaired) electrons. The van der Waals surface area contributed by atoms with E-state index in [1.54, 1.807) is 0 Å². The van der Waals surface area contributed by atoms with Crippen LogP contribution in [0.1, 0.15) is 17.3 Å². The largest absolute Gasteiger partial charge is 0.511 e. The lowest BCUT2D eigenvalue weighted by atomic mass is 10.3. The van der Waals surface area contributed by atoms with Gasteiger partial charge in [0.05, 0.1) is 12.2 Å². The highest BCUT2D eigenvalue weighted by Gasteiger charge is 2.46. The van der Waals surface area contributed by atoms with E-state index in [0.29, 0.717) is 0 Å². The number of aromatic nitrogens is 1. The number of hydrogen-bond donors (Lipinski definition) is 2. The second kappa shape index (κ2) is 6.67. The third-order valence-corrected chi connectivity index (χ3v) is 3.83. The lowest BCUT2D eigenvalue weighted by Gasteiger charge is -2.16. The Morgan fingerprint density at radius 3 is 2.64 bits per heavy atom. The predicted molar refractivity (Wildman–Crippen MR) is 69.3 cm³/mol. The molecule has 12 heteroatoms. The van der Waals surface area contributed by atoms with Gasteiger partial charge in [-0.1, -0.05) is 11.6 Å². The quantitative estimate of drug-likeness (QED) is 0.745. The van der Waals surface area contributed by atoms with E-state index in [1.165, 1.54) is 4.72 Å². The number of ether oxygens (including phenoxy) is 1. The third kappa shape index (κ3) is 4.71. The van der Waals surface area contributed by atoms with Gasteiger partial charge in [0, 0.05) is 0 Å². The minimum absolute atomic E-state index is 0.0835. The zero-order valence-electron chi connectivity index (χ0n) is 10.9. The maximum Gasteiger partial charge on any atom is 0.511 e. The molecule has 7 nitrogen and oxygen atoms in total. The lowest BCUT2D eigenvalue weighted by molar-refractivity contribution is -0.0451. The number of carboxylic acids is 1. The summed E-state index contributed by atoms with van der Waals surface area (Å²) < 4.78 is 64.6. The highest BCUT2D eigenvalue weighted by Crippen LogP contribution is 2.22. The number of hydrogen-bond acceptors (Lipinski definition) is 5. The van der Waals surface area contributed by atoms with Crippen LogP contribution in [0, 0.1) is 0 Å². The van der Waals surface area contributed by atoms with Gasteiger partial charge in [0.2, 0.25) is 0 Å². The van der Waals surface area contributed by atoms with E-state index in [9.17, 15) is 26.4 Å². The van der Waals surface area contributed by atoms with Crippen LogP contribution in [0.3, 0.4) is 0 Å². The van der Waals surface area contributed by atoms with Gasteiger partial charge in [-0.2, -0.15) is 13.2 Å². The minimum Gasteiger partial charge on any atom is -0.490 e. The molecule has 0 bridgehead atoms. The van der Waals surface area contributed by atoms with Crippen molar-refractivity contribution in [3.8, 4) is 5.75 Å². The van der Waals surface area contributed by atoms with Gasteiger partial charge in [-0.05, 0) is 13.0 Å². The number of carbonyl (C=O) groups is 1. The van der Waals surface area contributed by atoms with Gasteiger partial charge in [-0.15, -0.1) is 0 Å². The molecule has 0 aliphatic heterocycles. The van der Waals surface area contributed by atoms with E-state index >= 15 is 0 Å². The second-order valence-corrected chi connectivity index (χ2v) is 6.16. The number of halogens is 4. The van der Waals surface area contributed by atoms with E-state index in [1.807, 2.05) is 0 Å². The highest BCUT2D eigenvalue weighted by atomic mass is 35.5. The summed E-state index contributed by atoms with van der Waals surface area (Å²) in [5, 5.41) is 8.53. The predicted octanol–water partition coefficient (Wildman–Crippen LogP) is 1.64. The zero-order chi connectivity index (χ0) is 17.1. The van der Waals surface area contributed by atoms with Gasteiger partial charge in [0.25, 0.3) is 0 Å². The smallest absolute Gasteiger partial charge is 0.490 e. The average molecular weight is 363 g/mol. The fourth-order valence-corrected chi connectivity index (χ4v) is 2.16. The number of sulfonamides is 1. The number of carboxylic acid groups (broad SMARTS) is 1. The molecule has 1 unspecified atom stereocenters. The Morgan fingerprint density at radius 1 is 1.55 bits per heavy atom. The van der Waals surface area contributed by atoms with Crippen LogP contribution in [0.5, 0.6) is 5.75 Å². The van der Waals surface area contributed by atoms with Crippen LogP contribution in [-0.4, -0.2) is 42.6 Å². The number of nitrogens with zero attached hydrogens (tertiary/aromatic N) is 1. The maximum atomic E-state index is 12.2. The Labute approximate surface area is 128 Å². The van der Waals surface area contributed by atoms with Crippen LogP contribution < -0.4 is 9.46 Å². The van der Waals surface area contributed by atoms with E-state index in [2.05, 4.69) is 4.98 Å². The summed E-state index contributed by atoms with van der Waals surface area (Å²) in [5.74, 6) is -1.45. The number of nitrogens with one attached hydrogen (secondary N) is 1. The highest BCUT2D eigenvalue weighted by molar-refractivity contribution is 7.90. The molecule has 1 rings (SSSR count). The normalized spacial score (nSPS) is 13.7. The molecule has 2 N–H and O–H groups in total. The van der Waals surface area contributed by atoms with E-state index in [4.69, 9.17) is 21.4 Å². The summed E-state index contributed by atoms with van der Waals surface area (Å²) >= 11 is 5.53. The lowest BCUT2D eigenvalue weighted by Crippen LogP contribution is -2.43. The fourth-order valence-electron chi connectivity index (χ4n) is 1.24. The molecule has 1 aromatic heterocycles. The fraction of sp³-hybridized carbons (Fsp3) is 0.400. The van der Waals surface area contributed by atoms with Crippen molar-refractivity contribution in [3.05, 3.63) is 23.0 Å². The maximum absolute atomic E-state index is 12.2. The molecule has 1 atom stereocenters. The van der Waals surface area contributed by atoms with Crippen molar-refractivity contribution in [1.29, 1.82) is 0 Å². The van der Waals surface area contributed by atoms with E-state index < -0.39 is 34.1 Å². The molecule has 0 aromatic carbocycles. The number of rotatable bonds is 6. The third-order valence-electron chi connectivity index (χ3n) is 2.21. The summed E-state index contributed by atoms with van der Waals surface area (Å²) in [6.45, 7) is 0.669. The average Bonchev–Trinajstić information content (AvgIpc) is 2.35. The van der Waals surface area contributed by atoms with Crippen molar-refractivity contribution in [3.63, 3.8) is 0 Å². The van der Waals surface area contributed by atoms with Crippen LogP contribution in [0.2, 0.25) is 5.15 Å². The Morgan fingerprint density at radius 2 is 2.14 bits per heavy atom. The zero-order valence-corrected chi connectivity index (χ0v) is 12.5. The summed E-state index contributed by atoms with van der Waals surface area (Å²) in [5.41, 5.74) is -5.79. The molecule has 22 heavy (non-hydrogen) atoms. The Kier molecular flexibility index (Phi) is 5.59. The minimum atomic E-state index is -5.49. The van der Waals surface area contributed by atoms with Crippen molar-refractivity contribution >= 4 is 27.6 Å². The molecule has 0 spiro atoms. The van der Waals surface area contributed by atoms with Gasteiger partial charge in [0.15, 0.2) is 0 Å². The Bertz CT molecular complexity index is 665. The van der Waals surface area contributed by atoms with Crippen LogP contribution in [0.4, 0.5) is 13.2 Å². The van der Waals surface area contributed by atoms with Crippen molar-refractivity contribution in [2.45, 2.75) is 18.5 Å². The van der Waals surface area contributed by atoms with Gasteiger partial charge in [0.1, 0.15) is 23.1 Å². The molecule has 0 fully saturated rings. The van der Waals surface area contributed by atoms with Crippen molar-refractivity contribution in [2.75, 3.05) is 6.61 Å². The number of alkyl halides is 3. The first-order valence-corrected chi connectivity index (χ1v) is 7.40. The van der Waals surface area contributed by atoms with E-state index in [-0.39, 0.29) is 16.5 Å². The van der Waals surface area contributed by atoms with Gasteiger partial charge in [-0.25, -0.2) is 22.9 Å². The Hall–Kier alpha value is -1.59. The van der Waals surface area contributed by atoms with Crippen LogP contribution in [0.25, 0.3) is 0 Å². The first-order valence-electron chi connectivity index (χ1n) is 5.54. The summed E-state index contributed by atoms with van der Waals surface area (Å²) in [6, 6.07) is -0.196. The molecule has 0 amide bonds. The topological polar surface area (TPSA) is 106 Å². The van der Waals surface area contributed by atoms with Gasteiger partial charge < -0.3 is 9.84 Å². The summed E-state index contributed by atoms with van der Waals surface area (Å²) in [7, 11) is -5.49. The van der Waals surface area contributed by atoms with E-state index in [0.717, 1.165) is 19.2 Å². The molecule has 0 saturated heterocycles. The number of pyridine rings is 1. The first-order chi connectivity index (χ1) is 9.94. The Balaban J connectivity index is 2.71. The molecule has 1 heterocycles. The summed E-state index contributed by atoms with van der Waals surface area (Å²) in [4.78, 5) is 14.3. The monoisotopic (exact) mass is 362 g/mol. The number of aromatic carboxylic acids is 1. The van der Waals surface area contributed by atoms with Gasteiger partial charge in [-0.3, -0.25) is 0 Å². The van der Waals surface area contributed by atoms with Crippen molar-refractivity contribution in [2.24, 2.45) is 0 Å². The molecule has 1 aromatic rings. The molecular weight excluding hydrogens is 353 g/mol. The molecule has 0 saturated carbocycles. The van der Waals surface area contributed by atoms with Crippen LogP contribution in [0.15, 0.2) is 12.3 Å². The molecule has 0 aliphatic carbocycles. The molecular formula is C10H10ClF3N2O5S. The second-order valence-electron chi connectivity index (χ2n) is 4.09. The van der Waals surface area contributed by atoms with Crippen LogP contribution >= 0.6 is 11.6 Å². The standard InChI is InChI=1S/C10H10ClF3N2O5S/c1-5(16-22(19,20)10(12,13)14)4-21-6-2-7(9(17)18)8(11)15-3-6/h2-3,5,16H,4H2,1H3,(H,17,18). The summed E-state index contributed by atoms with van der Waals surface area (Å²) in [6.07, 6.45) is 1.06. The molecule has 124 valence electrons. The SMILES string of the molecule is CC(COc1cnc(Cl)c(C(=O)O)c1)NS(=O)(=O)C(F)(F)F. The molecule has 0 aliphatic rings. The first kappa shape index (κ1) is 18.5. The van der Waals surface area contributed by atoms with Gasteiger partial charge >= 0.3 is 21.5 Å². The van der Waals surface area contributed by atoms with Crippen LogP contribution in [-0.2, 0) is 10.0 Å².